The molecule has 2 aromatic rings. The molecule has 0 saturated carbocycles. The molecule has 0 bridgehead atoms. The highest BCUT2D eigenvalue weighted by Gasteiger charge is 2.47. The summed E-state index contributed by atoms with van der Waals surface area (Å²) >= 11 is 0. The molecular weight excluding hydrogens is 581 g/mol. The van der Waals surface area contributed by atoms with E-state index >= 15 is 0 Å². The average molecular weight is 600 g/mol. The van der Waals surface area contributed by atoms with E-state index in [1.807, 2.05) is 10.1 Å². The molecule has 23 heteroatoms. The number of rotatable bonds is 11. The molecule has 1 aliphatic heterocycles. The quantitative estimate of drug-likeness (QED) is 0.0802. The van der Waals surface area contributed by atoms with Gasteiger partial charge in [0.25, 0.3) is 5.56 Å². The van der Waals surface area contributed by atoms with Crippen molar-refractivity contribution in [3.63, 3.8) is 0 Å². The summed E-state index contributed by atoms with van der Waals surface area (Å²) in [5.74, 6) is 0. The van der Waals surface area contributed by atoms with E-state index in [1.165, 1.54) is 12.1 Å². The number of benzene rings is 1. The van der Waals surface area contributed by atoms with Crippen LogP contribution in [-0.2, 0) is 31.6 Å². The molecule has 0 radical (unpaired) electrons. The van der Waals surface area contributed by atoms with Crippen molar-refractivity contribution in [3.05, 3.63) is 67.8 Å². The molecule has 1 saturated heterocycles. The highest BCUT2D eigenvalue weighted by Crippen LogP contribution is 2.67. The molecule has 7 atom stereocenters. The van der Waals surface area contributed by atoms with E-state index in [1.54, 1.807) is 0 Å². The predicted octanol–water partition coefficient (Wildman–Crippen LogP) is 0.561. The molecule has 2 heterocycles. The topological polar surface area (TPSA) is 305 Å². The van der Waals surface area contributed by atoms with E-state index < -0.39 is 65.8 Å². The fourth-order valence-corrected chi connectivity index (χ4v) is 6.75. The molecule has 0 amide bonds. The van der Waals surface area contributed by atoms with Crippen LogP contribution in [0.1, 0.15) is 6.23 Å². The monoisotopic (exact) mass is 600 g/mol. The number of phosphoric acid groups is 2. The summed E-state index contributed by atoms with van der Waals surface area (Å²) in [6.07, 6.45) is -5.76. The van der Waals surface area contributed by atoms with Gasteiger partial charge in [0.05, 0.1) is 6.61 Å². The lowest BCUT2D eigenvalue weighted by atomic mass is 10.1. The van der Waals surface area contributed by atoms with Gasteiger partial charge in [-0.25, -0.2) is 18.5 Å². The standard InChI is InChI=1S/C15H19N6O14P3/c16-20-18-8-1-3-9(4-2-8)19-36(26,27)34-38(30,31)35-37(28,29)32-7-10-12(23)13(24)14(33-10)21-6-5-11(22)17-15(21)25/h1-6,10,12-14,23-24H,7H2,(H,28,29)(H,30,31)(H,17,22,25)(H2,19,26,27)/t10-,12-,13-,14-/m1/s1. The number of aliphatic hydroxyl groups excluding tert-OH is 2. The van der Waals surface area contributed by atoms with E-state index in [2.05, 4.69) is 23.2 Å². The maximum atomic E-state index is 12.1. The van der Waals surface area contributed by atoms with Gasteiger partial charge in [-0.05, 0) is 17.7 Å². The van der Waals surface area contributed by atoms with Gasteiger partial charge in [-0.1, -0.05) is 17.2 Å². The van der Waals surface area contributed by atoms with Crippen molar-refractivity contribution in [2.75, 3.05) is 11.7 Å². The zero-order valence-electron chi connectivity index (χ0n) is 18.5. The summed E-state index contributed by atoms with van der Waals surface area (Å²) in [5, 5.41) is 25.4. The van der Waals surface area contributed by atoms with Crippen LogP contribution in [0.4, 0.5) is 11.4 Å². The molecule has 3 unspecified atom stereocenters. The molecule has 0 spiro atoms. The van der Waals surface area contributed by atoms with Crippen LogP contribution in [0, 0.1) is 0 Å². The number of azide groups is 1. The van der Waals surface area contributed by atoms with Crippen LogP contribution < -0.4 is 16.3 Å². The number of aromatic nitrogens is 2. The van der Waals surface area contributed by atoms with Crippen LogP contribution in [0.15, 0.2) is 51.2 Å². The van der Waals surface area contributed by atoms with Gasteiger partial charge in [-0.2, -0.15) is 8.62 Å². The van der Waals surface area contributed by atoms with Crippen molar-refractivity contribution in [3.8, 4) is 0 Å². The predicted molar refractivity (Wildman–Crippen MR) is 124 cm³/mol. The first-order valence-corrected chi connectivity index (χ1v) is 14.5. The number of nitrogens with one attached hydrogen (secondary N) is 2. The Bertz CT molecular complexity index is 1470. The fourth-order valence-electron chi connectivity index (χ4n) is 3.04. The SMILES string of the molecule is [N-]=[N+]=Nc1ccc(NP(=O)(O)OP(=O)(O)OP(=O)(O)OC[C@H]2O[C@@H](n3ccc(=O)[nH]c3=O)[C@H](O)[C@@H]2O)cc1. The average Bonchev–Trinajstić information content (AvgIpc) is 3.06. The van der Waals surface area contributed by atoms with Crippen LogP contribution in [0.2, 0.25) is 0 Å². The lowest BCUT2D eigenvalue weighted by Crippen LogP contribution is -2.37. The minimum Gasteiger partial charge on any atom is -0.387 e. The van der Waals surface area contributed by atoms with Gasteiger partial charge < -0.3 is 29.6 Å². The lowest BCUT2D eigenvalue weighted by molar-refractivity contribution is -0.0542. The first-order chi connectivity index (χ1) is 17.6. The van der Waals surface area contributed by atoms with Crippen LogP contribution in [0.25, 0.3) is 10.4 Å². The second kappa shape index (κ2) is 11.6. The maximum Gasteiger partial charge on any atom is 0.489 e. The summed E-state index contributed by atoms with van der Waals surface area (Å²) in [6, 6.07) is 5.67. The first kappa shape index (κ1) is 29.9. The summed E-state index contributed by atoms with van der Waals surface area (Å²) in [4.78, 5) is 56.8. The zero-order valence-corrected chi connectivity index (χ0v) is 21.2. The number of H-pyrrole nitrogens is 1. The number of phosphoric ester groups is 1. The lowest BCUT2D eigenvalue weighted by Gasteiger charge is -2.20. The molecule has 1 fully saturated rings. The van der Waals surface area contributed by atoms with Crippen LogP contribution in [0.3, 0.4) is 0 Å². The Kier molecular flexibility index (Phi) is 9.13. The van der Waals surface area contributed by atoms with Crippen LogP contribution >= 0.6 is 23.4 Å². The fraction of sp³-hybridized carbons (Fsp3) is 0.333. The Balaban J connectivity index is 1.60. The van der Waals surface area contributed by atoms with Crippen LogP contribution in [0.5, 0.6) is 0 Å². The van der Waals surface area contributed by atoms with Crippen LogP contribution in [-0.4, -0.2) is 59.4 Å². The number of nitrogens with zero attached hydrogens (tertiary/aromatic N) is 4. The molecule has 1 aromatic carbocycles. The van der Waals surface area contributed by atoms with Crippen molar-refractivity contribution >= 4 is 34.8 Å². The minimum atomic E-state index is -5.76. The van der Waals surface area contributed by atoms with Gasteiger partial charge in [-0.15, -0.1) is 0 Å². The Labute approximate surface area is 210 Å². The number of ether oxygens (including phenoxy) is 1. The molecule has 3 rings (SSSR count). The van der Waals surface area contributed by atoms with Gasteiger partial charge in [0, 0.05) is 28.5 Å². The highest BCUT2D eigenvalue weighted by molar-refractivity contribution is 7.68. The van der Waals surface area contributed by atoms with Crippen molar-refractivity contribution in [2.24, 2.45) is 5.11 Å². The van der Waals surface area contributed by atoms with E-state index in [4.69, 9.17) is 10.3 Å². The van der Waals surface area contributed by atoms with E-state index in [0.717, 1.165) is 29.0 Å². The maximum absolute atomic E-state index is 12.1. The number of aromatic amines is 1. The second-order valence-corrected chi connectivity index (χ2v) is 12.0. The summed E-state index contributed by atoms with van der Waals surface area (Å²) < 4.78 is 54.8. The number of hydrogen-bond acceptors (Lipinski definition) is 12. The Morgan fingerprint density at radius 3 is 2.32 bits per heavy atom. The van der Waals surface area contributed by atoms with Gasteiger partial charge in [-0.3, -0.25) is 24.0 Å². The van der Waals surface area contributed by atoms with Crippen molar-refractivity contribution < 1.29 is 56.5 Å². The molecule has 20 nitrogen and oxygen atoms in total. The summed E-state index contributed by atoms with van der Waals surface area (Å²) in [5.41, 5.74) is 6.60. The Morgan fingerprint density at radius 1 is 1.05 bits per heavy atom. The van der Waals surface area contributed by atoms with Gasteiger partial charge in [0.1, 0.15) is 18.3 Å². The third kappa shape index (κ3) is 7.92. The number of anilines is 1. The second-order valence-electron chi connectivity index (χ2n) is 7.33. The Hall–Kier alpha value is -2.66. The molecule has 0 aliphatic carbocycles. The van der Waals surface area contributed by atoms with E-state index in [9.17, 15) is 48.2 Å². The minimum absolute atomic E-state index is 0.141. The highest BCUT2D eigenvalue weighted by atomic mass is 31.3. The number of aliphatic hydroxyl groups is 2. The third-order valence-electron chi connectivity index (χ3n) is 4.58. The van der Waals surface area contributed by atoms with Gasteiger partial charge in [0.15, 0.2) is 6.23 Å². The van der Waals surface area contributed by atoms with Gasteiger partial charge in [0.2, 0.25) is 0 Å². The molecule has 1 aliphatic rings. The summed E-state index contributed by atoms with van der Waals surface area (Å²) in [7, 11) is -16.5. The molecule has 1 aromatic heterocycles. The van der Waals surface area contributed by atoms with E-state index in [-0.39, 0.29) is 11.4 Å². The Morgan fingerprint density at radius 2 is 1.71 bits per heavy atom. The number of hydrogen-bond donors (Lipinski definition) is 7. The smallest absolute Gasteiger partial charge is 0.387 e. The van der Waals surface area contributed by atoms with Crippen molar-refractivity contribution in [1.29, 1.82) is 0 Å². The van der Waals surface area contributed by atoms with E-state index in [0.29, 0.717) is 0 Å². The largest absolute Gasteiger partial charge is 0.489 e. The normalized spacial score (nSPS) is 25.9. The zero-order chi connectivity index (χ0) is 28.3. The molecular formula is C15H19N6O14P3. The van der Waals surface area contributed by atoms with Crippen molar-refractivity contribution in [2.45, 2.75) is 24.5 Å². The first-order valence-electron chi connectivity index (χ1n) is 9.93. The van der Waals surface area contributed by atoms with Crippen molar-refractivity contribution in [1.82, 2.24) is 9.55 Å². The summed E-state index contributed by atoms with van der Waals surface area (Å²) in [6.45, 7) is -1.05. The molecule has 208 valence electrons. The third-order valence-corrected chi connectivity index (χ3v) is 8.96. The van der Waals surface area contributed by atoms with Gasteiger partial charge >= 0.3 is 29.1 Å². The molecule has 38 heavy (non-hydrogen) atoms. The molecule has 7 N–H and O–H groups in total.